The van der Waals surface area contributed by atoms with E-state index < -0.39 is 32.3 Å². The molecule has 1 fully saturated rings. The third-order valence-electron chi connectivity index (χ3n) is 1.83. The van der Waals surface area contributed by atoms with E-state index in [1.165, 1.54) is 0 Å². The Hall–Kier alpha value is 1.74. The van der Waals surface area contributed by atoms with Gasteiger partial charge in [-0.3, -0.25) is 0 Å². The maximum Gasteiger partial charge on any atom is 0.0693 e. The average Bonchev–Trinajstić information content (AvgIpc) is 2.08. The molecule has 12 heavy (non-hydrogen) atoms. The molecule has 0 heterocycles. The molecule has 0 aromatic rings. The fourth-order valence-corrected chi connectivity index (χ4v) is 3.38. The zero-order chi connectivity index (χ0) is 9.46. The van der Waals surface area contributed by atoms with E-state index in [-0.39, 0.29) is 0 Å². The van der Waals surface area contributed by atoms with E-state index in [0.717, 1.165) is 0 Å². The summed E-state index contributed by atoms with van der Waals surface area (Å²) in [5.74, 6) is 0. The summed E-state index contributed by atoms with van der Waals surface area (Å²) in [6, 6.07) is 0. The summed E-state index contributed by atoms with van der Waals surface area (Å²) in [6.45, 7) is 0. The van der Waals surface area contributed by atoms with Crippen LogP contribution in [0.4, 0.5) is 0 Å². The van der Waals surface area contributed by atoms with Crippen LogP contribution in [0, 0.1) is 0 Å². The van der Waals surface area contributed by atoms with Crippen molar-refractivity contribution in [3.8, 4) is 0 Å². The molecule has 0 radical (unpaired) electrons. The molecular weight excluding hydrogens is 291 g/mol. The second-order valence-corrected chi connectivity index (χ2v) is 5.69. The van der Waals surface area contributed by atoms with E-state index in [1.807, 2.05) is 0 Å². The van der Waals surface area contributed by atoms with Gasteiger partial charge in [0.05, 0.1) is 32.3 Å². The molecule has 0 bridgehead atoms. The third kappa shape index (κ3) is 2.04. The van der Waals surface area contributed by atoms with Crippen molar-refractivity contribution in [2.24, 2.45) is 0 Å². The largest absolute Gasteiger partial charge is 0.120 e. The van der Waals surface area contributed by atoms with Gasteiger partial charge in [-0.05, 0) is 0 Å². The molecule has 1 aliphatic rings. The minimum Gasteiger partial charge on any atom is -0.120 e. The standard InChI is InChI=1S/C6H6Cl6/c7-1-2(8)4(10)6(12)5(11)3(1)9/h1-6H/i1+1,2+1,3+1,4+1,5+1,6+1. The SMILES string of the molecule is Cl[13CH]1[13CH](Cl)[13CH](Cl)[13CH](Cl)[13CH](Cl)[13CH]1Cl. The predicted molar refractivity (Wildman–Crippen MR) is 57.8 cm³/mol. The third-order valence-corrected chi connectivity index (χ3v) is 5.86. The van der Waals surface area contributed by atoms with Gasteiger partial charge >= 0.3 is 0 Å². The van der Waals surface area contributed by atoms with Crippen LogP contribution in [0.3, 0.4) is 0 Å². The molecule has 0 aromatic carbocycles. The highest BCUT2D eigenvalue weighted by Crippen LogP contribution is 2.39. The predicted octanol–water partition coefficient (Wildman–Crippen LogP) is 3.64. The summed E-state index contributed by atoms with van der Waals surface area (Å²) < 4.78 is 0. The summed E-state index contributed by atoms with van der Waals surface area (Å²) >= 11 is 35.3. The fraction of sp³-hybridized carbons (Fsp3) is 1.00. The number of rotatable bonds is 0. The van der Waals surface area contributed by atoms with Gasteiger partial charge in [-0.25, -0.2) is 0 Å². The van der Waals surface area contributed by atoms with Gasteiger partial charge in [-0.2, -0.15) is 0 Å². The van der Waals surface area contributed by atoms with E-state index >= 15 is 0 Å². The minimum absolute atomic E-state index is 0.437. The van der Waals surface area contributed by atoms with E-state index in [2.05, 4.69) is 0 Å². The quantitative estimate of drug-likeness (QED) is 0.473. The molecule has 0 nitrogen and oxygen atoms in total. The van der Waals surface area contributed by atoms with Crippen LogP contribution in [-0.2, 0) is 0 Å². The highest BCUT2D eigenvalue weighted by atomic mass is 35.5. The second kappa shape index (κ2) is 4.51. The van der Waals surface area contributed by atoms with Crippen molar-refractivity contribution in [3.63, 3.8) is 0 Å². The summed E-state index contributed by atoms with van der Waals surface area (Å²) in [5, 5.41) is -2.62. The van der Waals surface area contributed by atoms with Crippen molar-refractivity contribution in [2.45, 2.75) is 32.3 Å². The zero-order valence-electron chi connectivity index (χ0n) is 5.73. The molecule has 0 spiro atoms. The molecule has 72 valence electrons. The van der Waals surface area contributed by atoms with Crippen LogP contribution in [0.1, 0.15) is 0 Å². The molecule has 0 N–H and O–H groups in total. The van der Waals surface area contributed by atoms with Crippen LogP contribution in [-0.4, -0.2) is 32.3 Å². The Morgan fingerprint density at radius 1 is 0.333 bits per heavy atom. The van der Waals surface area contributed by atoms with Gasteiger partial charge in [0.25, 0.3) is 0 Å². The van der Waals surface area contributed by atoms with E-state index in [1.54, 1.807) is 0 Å². The van der Waals surface area contributed by atoms with Gasteiger partial charge in [0.2, 0.25) is 0 Å². The van der Waals surface area contributed by atoms with Gasteiger partial charge in [0.1, 0.15) is 0 Å². The fourth-order valence-electron chi connectivity index (χ4n) is 1.05. The van der Waals surface area contributed by atoms with Crippen LogP contribution >= 0.6 is 69.6 Å². The Balaban J connectivity index is 2.76. The molecule has 0 aliphatic heterocycles. The second-order valence-electron chi connectivity index (χ2n) is 2.67. The molecule has 1 rings (SSSR count). The zero-order valence-corrected chi connectivity index (χ0v) is 10.3. The van der Waals surface area contributed by atoms with Gasteiger partial charge in [0.15, 0.2) is 0 Å². The first-order chi connectivity index (χ1) is 5.46. The van der Waals surface area contributed by atoms with E-state index in [0.29, 0.717) is 0 Å². The number of halogens is 6. The van der Waals surface area contributed by atoms with Gasteiger partial charge in [0, 0.05) is 0 Å². The molecule has 0 atom stereocenters. The number of alkyl halides is 6. The first kappa shape index (κ1) is 11.8. The highest BCUT2D eigenvalue weighted by Gasteiger charge is 2.46. The van der Waals surface area contributed by atoms with Crippen molar-refractivity contribution in [2.75, 3.05) is 0 Å². The van der Waals surface area contributed by atoms with Crippen molar-refractivity contribution in [3.05, 3.63) is 0 Å². The first-order valence-electron chi connectivity index (χ1n) is 3.31. The van der Waals surface area contributed by atoms with E-state index in [4.69, 9.17) is 69.6 Å². The average molecular weight is 297 g/mol. The lowest BCUT2D eigenvalue weighted by Gasteiger charge is -2.37. The van der Waals surface area contributed by atoms with Crippen molar-refractivity contribution < 1.29 is 0 Å². The summed E-state index contributed by atoms with van der Waals surface area (Å²) in [5.41, 5.74) is 0. The smallest absolute Gasteiger partial charge is 0.0693 e. The Morgan fingerprint density at radius 2 is 0.417 bits per heavy atom. The maximum absolute atomic E-state index is 5.88. The minimum atomic E-state index is -0.437. The van der Waals surface area contributed by atoms with Crippen LogP contribution in [0.2, 0.25) is 0 Å². The Kier molecular flexibility index (Phi) is 4.44. The Bertz CT molecular complexity index is 104. The lowest BCUT2D eigenvalue weighted by Crippen LogP contribution is -2.52. The lowest BCUT2D eigenvalue weighted by atomic mass is 11.0. The van der Waals surface area contributed by atoms with Gasteiger partial charge in [-0.1, -0.05) is 0 Å². The molecule has 0 unspecified atom stereocenters. The Morgan fingerprint density at radius 3 is 0.500 bits per heavy atom. The van der Waals surface area contributed by atoms with Crippen molar-refractivity contribution in [1.29, 1.82) is 0 Å². The van der Waals surface area contributed by atoms with Crippen molar-refractivity contribution >= 4 is 69.6 Å². The van der Waals surface area contributed by atoms with Crippen LogP contribution < -0.4 is 0 Å². The monoisotopic (exact) mass is 294 g/mol. The van der Waals surface area contributed by atoms with Crippen LogP contribution in [0.25, 0.3) is 0 Å². The lowest BCUT2D eigenvalue weighted by molar-refractivity contribution is 0.544. The van der Waals surface area contributed by atoms with Crippen molar-refractivity contribution in [1.82, 2.24) is 0 Å². The molecule has 1 saturated carbocycles. The molecule has 0 amide bonds. The molecule has 0 saturated heterocycles. The molecular formula is C6H6Cl6. The Labute approximate surface area is 101 Å². The van der Waals surface area contributed by atoms with Crippen LogP contribution in [0.15, 0.2) is 0 Å². The molecule has 6 heteroatoms. The van der Waals surface area contributed by atoms with Gasteiger partial charge in [-0.15, -0.1) is 69.6 Å². The summed E-state index contributed by atoms with van der Waals surface area (Å²) in [6.07, 6.45) is 0. The topological polar surface area (TPSA) is 0 Å². The normalized spacial score (nSPS) is 55.5. The maximum atomic E-state index is 5.88. The van der Waals surface area contributed by atoms with Gasteiger partial charge < -0.3 is 0 Å². The number of hydrogen-bond donors (Lipinski definition) is 0. The summed E-state index contributed by atoms with van der Waals surface area (Å²) in [7, 11) is 0. The summed E-state index contributed by atoms with van der Waals surface area (Å²) in [4.78, 5) is 0. The van der Waals surface area contributed by atoms with E-state index in [9.17, 15) is 0 Å². The van der Waals surface area contributed by atoms with Crippen LogP contribution in [0.5, 0.6) is 0 Å². The highest BCUT2D eigenvalue weighted by molar-refractivity contribution is 6.45. The molecule has 0 aromatic heterocycles. The number of hydrogen-bond acceptors (Lipinski definition) is 0. The molecule has 1 aliphatic carbocycles. The first-order valence-corrected chi connectivity index (χ1v) is 5.93.